The van der Waals surface area contributed by atoms with Gasteiger partial charge in [-0.3, -0.25) is 0 Å². The lowest BCUT2D eigenvalue weighted by atomic mass is 10.1. The molecule has 2 rings (SSSR count). The molecule has 1 unspecified atom stereocenters. The van der Waals surface area contributed by atoms with Crippen LogP contribution in [0.5, 0.6) is 0 Å². The molecule has 1 N–H and O–H groups in total. The molecule has 0 radical (unpaired) electrons. The van der Waals surface area contributed by atoms with E-state index in [0.717, 1.165) is 10.5 Å². The topological polar surface area (TPSA) is 20.2 Å². The molecule has 0 aromatic heterocycles. The van der Waals surface area contributed by atoms with Gasteiger partial charge in [-0.05, 0) is 46.8 Å². The van der Waals surface area contributed by atoms with Crippen molar-refractivity contribution in [3.8, 4) is 11.2 Å². The van der Waals surface area contributed by atoms with Gasteiger partial charge in [0.25, 0.3) is 0 Å². The Hall–Kier alpha value is -1.40. The first-order valence-corrected chi connectivity index (χ1v) is 6.61. The van der Waals surface area contributed by atoms with E-state index < -0.39 is 6.10 Å². The first-order valence-electron chi connectivity index (χ1n) is 5.41. The third-order valence-electron chi connectivity index (χ3n) is 2.29. The molecule has 1 atom stereocenters. The molecular weight excluding hydrogens is 264 g/mol. The van der Waals surface area contributed by atoms with Crippen molar-refractivity contribution in [1.82, 2.24) is 0 Å². The van der Waals surface area contributed by atoms with E-state index in [1.807, 2.05) is 30.3 Å². The van der Waals surface area contributed by atoms with Gasteiger partial charge in [-0.25, -0.2) is 0 Å². The fraction of sp³-hybridized carbons (Fsp3) is 0.0667. The van der Waals surface area contributed by atoms with Gasteiger partial charge in [0.05, 0.1) is 0 Å². The maximum Gasteiger partial charge on any atom is 0.141 e. The van der Waals surface area contributed by atoms with Crippen molar-refractivity contribution >= 4 is 23.4 Å². The molecule has 0 aliphatic rings. The number of hydrogen-bond acceptors (Lipinski definition) is 2. The third kappa shape index (κ3) is 3.82. The average molecular weight is 275 g/mol. The number of aliphatic hydroxyl groups is 1. The van der Waals surface area contributed by atoms with Crippen LogP contribution in [0.15, 0.2) is 59.5 Å². The van der Waals surface area contributed by atoms with Crippen LogP contribution in [0.25, 0.3) is 0 Å². The summed E-state index contributed by atoms with van der Waals surface area (Å²) in [6.45, 7) is 0. The van der Waals surface area contributed by atoms with Gasteiger partial charge < -0.3 is 5.11 Å². The fourth-order valence-corrected chi connectivity index (χ4v) is 2.07. The fourth-order valence-electron chi connectivity index (χ4n) is 1.36. The highest BCUT2D eigenvalue weighted by molar-refractivity contribution is 8.03. The Balaban J connectivity index is 2.00. The van der Waals surface area contributed by atoms with Crippen molar-refractivity contribution in [2.24, 2.45) is 0 Å². The number of benzene rings is 2. The molecule has 3 heteroatoms. The number of hydrogen-bond donors (Lipinski definition) is 1. The minimum Gasteiger partial charge on any atom is -0.376 e. The van der Waals surface area contributed by atoms with Gasteiger partial charge >= 0.3 is 0 Å². The first-order chi connectivity index (χ1) is 8.75. The van der Waals surface area contributed by atoms with E-state index in [1.165, 1.54) is 11.8 Å². The zero-order chi connectivity index (χ0) is 12.8. The number of aliphatic hydroxyl groups excluding tert-OH is 1. The Bertz CT molecular complexity index is 555. The zero-order valence-corrected chi connectivity index (χ0v) is 11.1. The minimum atomic E-state index is -0.779. The predicted octanol–water partition coefficient (Wildman–Crippen LogP) is 4.13. The second-order valence-electron chi connectivity index (χ2n) is 3.62. The summed E-state index contributed by atoms with van der Waals surface area (Å²) >= 11 is 7.18. The van der Waals surface area contributed by atoms with E-state index >= 15 is 0 Å². The molecule has 90 valence electrons. The van der Waals surface area contributed by atoms with Gasteiger partial charge in [0.1, 0.15) is 6.10 Å². The molecular formula is C15H11ClOS. The largest absolute Gasteiger partial charge is 0.376 e. The summed E-state index contributed by atoms with van der Waals surface area (Å²) in [5.74, 6) is 2.79. The van der Waals surface area contributed by atoms with Crippen LogP contribution in [0, 0.1) is 11.2 Å². The predicted molar refractivity (Wildman–Crippen MR) is 76.5 cm³/mol. The van der Waals surface area contributed by atoms with Crippen molar-refractivity contribution in [1.29, 1.82) is 0 Å². The van der Waals surface area contributed by atoms with Crippen molar-refractivity contribution < 1.29 is 5.11 Å². The smallest absolute Gasteiger partial charge is 0.141 e. The first kappa shape index (κ1) is 13.0. The van der Waals surface area contributed by atoms with E-state index in [4.69, 9.17) is 11.6 Å². The lowest BCUT2D eigenvalue weighted by Gasteiger charge is -2.02. The number of halogens is 1. The Morgan fingerprint density at radius 1 is 1.00 bits per heavy atom. The molecule has 0 spiro atoms. The van der Waals surface area contributed by atoms with Gasteiger partial charge in [-0.1, -0.05) is 47.9 Å². The standard InChI is InChI=1S/C15H11ClOS/c16-13-8-6-12(7-9-13)15(17)10-11-18-14-4-2-1-3-5-14/h1-9,15,17H. The molecule has 0 aliphatic heterocycles. The van der Waals surface area contributed by atoms with E-state index in [0.29, 0.717) is 5.02 Å². The molecule has 0 saturated carbocycles. The Morgan fingerprint density at radius 3 is 2.33 bits per heavy atom. The highest BCUT2D eigenvalue weighted by Gasteiger charge is 2.02. The van der Waals surface area contributed by atoms with Crippen LogP contribution in [-0.2, 0) is 0 Å². The van der Waals surface area contributed by atoms with E-state index in [9.17, 15) is 5.11 Å². The lowest BCUT2D eigenvalue weighted by molar-refractivity contribution is 0.238. The summed E-state index contributed by atoms with van der Waals surface area (Å²) < 4.78 is 0. The minimum absolute atomic E-state index is 0.651. The molecule has 18 heavy (non-hydrogen) atoms. The summed E-state index contributed by atoms with van der Waals surface area (Å²) in [7, 11) is 0. The summed E-state index contributed by atoms with van der Waals surface area (Å²) in [6, 6.07) is 16.9. The normalized spacial score (nSPS) is 11.4. The third-order valence-corrected chi connectivity index (χ3v) is 3.27. The van der Waals surface area contributed by atoms with Crippen LogP contribution in [0.4, 0.5) is 0 Å². The highest BCUT2D eigenvalue weighted by Crippen LogP contribution is 2.18. The van der Waals surface area contributed by atoms with Gasteiger partial charge in [0, 0.05) is 9.92 Å². The van der Waals surface area contributed by atoms with Crippen LogP contribution < -0.4 is 0 Å². The Morgan fingerprint density at radius 2 is 1.67 bits per heavy atom. The van der Waals surface area contributed by atoms with E-state index in [-0.39, 0.29) is 0 Å². The van der Waals surface area contributed by atoms with Crippen molar-refractivity contribution in [3.05, 3.63) is 65.2 Å². The van der Waals surface area contributed by atoms with Crippen LogP contribution in [-0.4, -0.2) is 5.11 Å². The van der Waals surface area contributed by atoms with Crippen LogP contribution in [0.3, 0.4) is 0 Å². The Kier molecular flexibility index (Phi) is 4.72. The number of thioether (sulfide) groups is 1. The maximum absolute atomic E-state index is 9.86. The zero-order valence-electron chi connectivity index (χ0n) is 9.51. The highest BCUT2D eigenvalue weighted by atomic mass is 35.5. The van der Waals surface area contributed by atoms with Gasteiger partial charge in [0.2, 0.25) is 0 Å². The van der Waals surface area contributed by atoms with Crippen LogP contribution in [0.2, 0.25) is 5.02 Å². The SMILES string of the molecule is OC(C#CSc1ccccc1)c1ccc(Cl)cc1. The van der Waals surface area contributed by atoms with E-state index in [2.05, 4.69) is 11.2 Å². The molecule has 0 heterocycles. The average Bonchev–Trinajstić information content (AvgIpc) is 2.40. The van der Waals surface area contributed by atoms with Crippen LogP contribution in [0.1, 0.15) is 11.7 Å². The summed E-state index contributed by atoms with van der Waals surface area (Å²) in [6.07, 6.45) is -0.779. The van der Waals surface area contributed by atoms with Gasteiger partial charge in [-0.2, -0.15) is 0 Å². The van der Waals surface area contributed by atoms with Gasteiger partial charge in [0.15, 0.2) is 0 Å². The summed E-state index contributed by atoms with van der Waals surface area (Å²) in [5.41, 5.74) is 0.751. The summed E-state index contributed by atoms with van der Waals surface area (Å²) in [5, 5.41) is 13.4. The molecule has 0 saturated heterocycles. The molecule has 0 bridgehead atoms. The lowest BCUT2D eigenvalue weighted by Crippen LogP contribution is -1.92. The molecule has 0 fully saturated rings. The molecule has 2 aromatic rings. The van der Waals surface area contributed by atoms with Crippen molar-refractivity contribution in [2.75, 3.05) is 0 Å². The summed E-state index contributed by atoms with van der Waals surface area (Å²) in [4.78, 5) is 1.06. The van der Waals surface area contributed by atoms with Crippen molar-refractivity contribution in [2.45, 2.75) is 11.0 Å². The molecule has 2 aromatic carbocycles. The van der Waals surface area contributed by atoms with Gasteiger partial charge in [-0.15, -0.1) is 0 Å². The quantitative estimate of drug-likeness (QED) is 0.656. The second kappa shape index (κ2) is 6.51. The van der Waals surface area contributed by atoms with Crippen molar-refractivity contribution in [3.63, 3.8) is 0 Å². The molecule has 0 aliphatic carbocycles. The van der Waals surface area contributed by atoms with Crippen LogP contribution >= 0.6 is 23.4 Å². The van der Waals surface area contributed by atoms with E-state index in [1.54, 1.807) is 24.3 Å². The molecule has 0 amide bonds. The second-order valence-corrected chi connectivity index (χ2v) is 4.93. The monoisotopic (exact) mass is 274 g/mol. The number of rotatable bonds is 2. The Labute approximate surface area is 116 Å². The maximum atomic E-state index is 9.86. The molecule has 1 nitrogen and oxygen atoms in total.